The van der Waals surface area contributed by atoms with Crippen molar-refractivity contribution >= 4 is 11.7 Å². The van der Waals surface area contributed by atoms with Crippen LogP contribution in [-0.2, 0) is 0 Å². The Balaban J connectivity index is 2.05. The molecule has 1 aromatic heterocycles. The van der Waals surface area contributed by atoms with E-state index in [1.165, 1.54) is 12.4 Å². The number of rotatable bonds is 4. The minimum atomic E-state index is -0.0945. The molecule has 0 radical (unpaired) electrons. The molecule has 3 N–H and O–H groups in total. The number of hydrogen-bond acceptors (Lipinski definition) is 5. The summed E-state index contributed by atoms with van der Waals surface area (Å²) in [7, 11) is 0. The zero-order chi connectivity index (χ0) is 13.0. The molecule has 1 aliphatic heterocycles. The second-order valence-corrected chi connectivity index (χ2v) is 4.49. The van der Waals surface area contributed by atoms with E-state index >= 15 is 0 Å². The zero-order valence-corrected chi connectivity index (χ0v) is 10.2. The molecule has 18 heavy (non-hydrogen) atoms. The molecule has 0 spiro atoms. The number of aliphatic hydroxyl groups excluding tert-OH is 1. The van der Waals surface area contributed by atoms with E-state index in [1.807, 2.05) is 4.90 Å². The van der Waals surface area contributed by atoms with Crippen LogP contribution in [0.5, 0.6) is 0 Å². The number of aromatic nitrogens is 2. The summed E-state index contributed by atoms with van der Waals surface area (Å²) in [6, 6.07) is 0.212. The van der Waals surface area contributed by atoms with Gasteiger partial charge in [0.25, 0.3) is 5.91 Å². The maximum absolute atomic E-state index is 12.3. The van der Waals surface area contributed by atoms with Gasteiger partial charge in [0, 0.05) is 19.2 Å². The molecule has 1 atom stereocenters. The summed E-state index contributed by atoms with van der Waals surface area (Å²) in [5, 5.41) is 8.86. The fourth-order valence-corrected chi connectivity index (χ4v) is 2.33. The molecule has 2 rings (SSSR count). The quantitative estimate of drug-likeness (QED) is 0.808. The third-order valence-electron chi connectivity index (χ3n) is 3.22. The van der Waals surface area contributed by atoms with Crippen molar-refractivity contribution in [2.45, 2.75) is 31.7 Å². The number of carbonyl (C=O) groups excluding carboxylic acids is 1. The van der Waals surface area contributed by atoms with Crippen LogP contribution < -0.4 is 5.73 Å². The molecule has 0 aromatic carbocycles. The van der Waals surface area contributed by atoms with E-state index < -0.39 is 0 Å². The lowest BCUT2D eigenvalue weighted by atomic mass is 10.1. The fourth-order valence-electron chi connectivity index (χ4n) is 2.33. The maximum atomic E-state index is 12.3. The first-order chi connectivity index (χ1) is 8.72. The molecule has 6 heteroatoms. The summed E-state index contributed by atoms with van der Waals surface area (Å²) in [4.78, 5) is 22.0. The Morgan fingerprint density at radius 1 is 1.50 bits per heavy atom. The van der Waals surface area contributed by atoms with Gasteiger partial charge in [-0.2, -0.15) is 0 Å². The van der Waals surface area contributed by atoms with Crippen molar-refractivity contribution in [2.75, 3.05) is 18.9 Å². The van der Waals surface area contributed by atoms with Crippen molar-refractivity contribution in [3.05, 3.63) is 18.1 Å². The minimum Gasteiger partial charge on any atom is -0.396 e. The summed E-state index contributed by atoms with van der Waals surface area (Å²) in [5.41, 5.74) is 5.78. The lowest BCUT2D eigenvalue weighted by molar-refractivity contribution is 0.0718. The standard InChI is InChI=1S/C12H18N4O2/c13-11-8-14-10(7-15-11)12(18)16-5-1-3-9(16)4-2-6-17/h7-9,17H,1-6H2,(H2,13,15). The van der Waals surface area contributed by atoms with Crippen molar-refractivity contribution in [3.63, 3.8) is 0 Å². The van der Waals surface area contributed by atoms with Crippen LogP contribution in [0.1, 0.15) is 36.2 Å². The molecule has 1 unspecified atom stereocenters. The summed E-state index contributed by atoms with van der Waals surface area (Å²) < 4.78 is 0. The third-order valence-corrected chi connectivity index (χ3v) is 3.22. The van der Waals surface area contributed by atoms with Crippen LogP contribution in [0.15, 0.2) is 12.4 Å². The van der Waals surface area contributed by atoms with Crippen LogP contribution in [0.4, 0.5) is 5.82 Å². The summed E-state index contributed by atoms with van der Waals surface area (Å²) in [6.45, 7) is 0.918. The van der Waals surface area contributed by atoms with Crippen molar-refractivity contribution < 1.29 is 9.90 Å². The van der Waals surface area contributed by atoms with Gasteiger partial charge in [-0.05, 0) is 25.7 Å². The lowest BCUT2D eigenvalue weighted by Gasteiger charge is -2.24. The van der Waals surface area contributed by atoms with E-state index in [1.54, 1.807) is 0 Å². The van der Waals surface area contributed by atoms with E-state index in [4.69, 9.17) is 10.8 Å². The Morgan fingerprint density at radius 2 is 2.33 bits per heavy atom. The fraction of sp³-hybridized carbons (Fsp3) is 0.583. The first-order valence-electron chi connectivity index (χ1n) is 6.21. The Labute approximate surface area is 106 Å². The molecule has 0 bridgehead atoms. The predicted molar refractivity (Wildman–Crippen MR) is 66.8 cm³/mol. The minimum absolute atomic E-state index is 0.0945. The van der Waals surface area contributed by atoms with Crippen LogP contribution >= 0.6 is 0 Å². The van der Waals surface area contributed by atoms with Gasteiger partial charge < -0.3 is 15.7 Å². The van der Waals surface area contributed by atoms with E-state index in [0.29, 0.717) is 11.5 Å². The van der Waals surface area contributed by atoms with Crippen molar-refractivity contribution in [2.24, 2.45) is 0 Å². The first kappa shape index (κ1) is 12.8. The van der Waals surface area contributed by atoms with E-state index in [0.717, 1.165) is 32.2 Å². The predicted octanol–water partition coefficient (Wildman–Crippen LogP) is 0.436. The lowest BCUT2D eigenvalue weighted by Crippen LogP contribution is -2.36. The molecule has 1 fully saturated rings. The molecule has 0 saturated carbocycles. The van der Waals surface area contributed by atoms with Crippen LogP contribution in [0, 0.1) is 0 Å². The number of hydrogen-bond donors (Lipinski definition) is 2. The first-order valence-corrected chi connectivity index (χ1v) is 6.21. The smallest absolute Gasteiger partial charge is 0.274 e. The van der Waals surface area contributed by atoms with Gasteiger partial charge in [0.1, 0.15) is 11.5 Å². The van der Waals surface area contributed by atoms with Crippen molar-refractivity contribution in [3.8, 4) is 0 Å². The summed E-state index contributed by atoms with van der Waals surface area (Å²) in [5.74, 6) is 0.216. The number of nitrogen functional groups attached to an aromatic ring is 1. The molecule has 1 aliphatic rings. The largest absolute Gasteiger partial charge is 0.396 e. The van der Waals surface area contributed by atoms with Gasteiger partial charge in [0.15, 0.2) is 0 Å². The average Bonchev–Trinajstić information content (AvgIpc) is 2.84. The second-order valence-electron chi connectivity index (χ2n) is 4.49. The molecule has 1 saturated heterocycles. The highest BCUT2D eigenvalue weighted by atomic mass is 16.3. The van der Waals surface area contributed by atoms with Crippen molar-refractivity contribution in [1.29, 1.82) is 0 Å². The average molecular weight is 250 g/mol. The molecular formula is C12H18N4O2. The SMILES string of the molecule is Nc1cnc(C(=O)N2CCCC2CCCO)cn1. The van der Waals surface area contributed by atoms with Crippen LogP contribution in [0.3, 0.4) is 0 Å². The maximum Gasteiger partial charge on any atom is 0.274 e. The van der Waals surface area contributed by atoms with Gasteiger partial charge in [-0.3, -0.25) is 4.79 Å². The highest BCUT2D eigenvalue weighted by Gasteiger charge is 2.29. The topological polar surface area (TPSA) is 92.3 Å². The van der Waals surface area contributed by atoms with Gasteiger partial charge >= 0.3 is 0 Å². The molecular weight excluding hydrogens is 232 g/mol. The van der Waals surface area contributed by atoms with Gasteiger partial charge in [-0.25, -0.2) is 9.97 Å². The normalized spacial score (nSPS) is 19.2. The Morgan fingerprint density at radius 3 is 3.00 bits per heavy atom. The zero-order valence-electron chi connectivity index (χ0n) is 10.2. The van der Waals surface area contributed by atoms with E-state index in [-0.39, 0.29) is 18.6 Å². The van der Waals surface area contributed by atoms with Gasteiger partial charge in [-0.1, -0.05) is 0 Å². The summed E-state index contributed by atoms with van der Waals surface area (Å²) >= 11 is 0. The van der Waals surface area contributed by atoms with Crippen molar-refractivity contribution in [1.82, 2.24) is 14.9 Å². The van der Waals surface area contributed by atoms with Gasteiger partial charge in [0.05, 0.1) is 12.4 Å². The Kier molecular flexibility index (Phi) is 4.09. The number of carbonyl (C=O) groups is 1. The molecule has 1 amide bonds. The number of aliphatic hydroxyl groups is 1. The van der Waals surface area contributed by atoms with E-state index in [2.05, 4.69) is 9.97 Å². The van der Waals surface area contributed by atoms with E-state index in [9.17, 15) is 4.79 Å². The van der Waals surface area contributed by atoms with Crippen LogP contribution in [0.2, 0.25) is 0 Å². The molecule has 98 valence electrons. The Bertz CT molecular complexity index is 407. The van der Waals surface area contributed by atoms with Gasteiger partial charge in [-0.15, -0.1) is 0 Å². The summed E-state index contributed by atoms with van der Waals surface area (Å²) in [6.07, 6.45) is 6.37. The number of amides is 1. The molecule has 6 nitrogen and oxygen atoms in total. The van der Waals surface area contributed by atoms with Crippen LogP contribution in [-0.4, -0.2) is 45.1 Å². The molecule has 0 aliphatic carbocycles. The molecule has 1 aromatic rings. The monoisotopic (exact) mass is 250 g/mol. The Hall–Kier alpha value is -1.69. The number of likely N-dealkylation sites (tertiary alicyclic amines) is 1. The number of anilines is 1. The highest BCUT2D eigenvalue weighted by molar-refractivity contribution is 5.92. The second kappa shape index (κ2) is 5.77. The molecule has 2 heterocycles. The van der Waals surface area contributed by atoms with Gasteiger partial charge in [0.2, 0.25) is 0 Å². The third kappa shape index (κ3) is 2.76. The highest BCUT2D eigenvalue weighted by Crippen LogP contribution is 2.22. The number of nitrogens with zero attached hydrogens (tertiary/aromatic N) is 3. The number of nitrogens with two attached hydrogens (primary N) is 1. The van der Waals surface area contributed by atoms with Crippen LogP contribution in [0.25, 0.3) is 0 Å².